The first-order chi connectivity index (χ1) is 17.8. The Labute approximate surface area is 226 Å². The van der Waals surface area contributed by atoms with Gasteiger partial charge in [0.15, 0.2) is 0 Å². The lowest BCUT2D eigenvalue weighted by atomic mass is 10.1. The third kappa shape index (κ3) is 7.22. The largest absolute Gasteiger partial charge is 0.350 e. The summed E-state index contributed by atoms with van der Waals surface area (Å²) in [5.74, 6) is -0.794. The van der Waals surface area contributed by atoms with Gasteiger partial charge in [0, 0.05) is 12.1 Å². The van der Waals surface area contributed by atoms with Crippen molar-refractivity contribution < 1.29 is 18.0 Å². The Balaban J connectivity index is 2.04. The highest BCUT2D eigenvalue weighted by Crippen LogP contribution is 2.27. The molecule has 202 valence electrons. The van der Waals surface area contributed by atoms with Crippen LogP contribution < -0.4 is 9.62 Å². The van der Waals surface area contributed by atoms with Crippen LogP contribution in [0.1, 0.15) is 44.4 Å². The standard InChI is InChI=1S/C30H37N3O4S/c1-22-13-12-15-25(19-22)20-32(24(3)29(35)31-30(4,5)6)28(34)21-33(27-18-11-10-14-23(27)2)38(36,37)26-16-8-7-9-17-26/h7-19,24H,20-21H2,1-6H3,(H,31,35). The molecular weight excluding hydrogens is 498 g/mol. The van der Waals surface area contributed by atoms with Crippen LogP contribution in [0.3, 0.4) is 0 Å². The van der Waals surface area contributed by atoms with Gasteiger partial charge in [-0.25, -0.2) is 8.42 Å². The minimum Gasteiger partial charge on any atom is -0.350 e. The van der Waals surface area contributed by atoms with Crippen LogP contribution in [0.5, 0.6) is 0 Å². The summed E-state index contributed by atoms with van der Waals surface area (Å²) in [7, 11) is -4.07. The van der Waals surface area contributed by atoms with Crippen LogP contribution in [-0.2, 0) is 26.2 Å². The molecule has 0 fully saturated rings. The lowest BCUT2D eigenvalue weighted by molar-refractivity contribution is -0.140. The number of hydrogen-bond donors (Lipinski definition) is 1. The summed E-state index contributed by atoms with van der Waals surface area (Å²) in [6.07, 6.45) is 0. The summed E-state index contributed by atoms with van der Waals surface area (Å²) in [4.78, 5) is 28.6. The van der Waals surface area contributed by atoms with Crippen LogP contribution >= 0.6 is 0 Å². The molecule has 2 amide bonds. The zero-order valence-electron chi connectivity index (χ0n) is 22.9. The van der Waals surface area contributed by atoms with Crippen LogP contribution in [0.4, 0.5) is 5.69 Å². The van der Waals surface area contributed by atoms with E-state index in [2.05, 4.69) is 5.32 Å². The number of anilines is 1. The van der Waals surface area contributed by atoms with Crippen molar-refractivity contribution in [3.63, 3.8) is 0 Å². The van der Waals surface area contributed by atoms with Gasteiger partial charge in [0.25, 0.3) is 10.0 Å². The van der Waals surface area contributed by atoms with Crippen molar-refractivity contribution in [1.82, 2.24) is 10.2 Å². The summed E-state index contributed by atoms with van der Waals surface area (Å²) >= 11 is 0. The topological polar surface area (TPSA) is 86.8 Å². The van der Waals surface area contributed by atoms with Gasteiger partial charge in [-0.1, -0.05) is 66.2 Å². The normalized spacial score (nSPS) is 12.5. The van der Waals surface area contributed by atoms with Crippen molar-refractivity contribution in [2.75, 3.05) is 10.8 Å². The zero-order valence-corrected chi connectivity index (χ0v) is 23.7. The number of carbonyl (C=O) groups is 2. The van der Waals surface area contributed by atoms with E-state index in [1.54, 1.807) is 50.2 Å². The minimum absolute atomic E-state index is 0.0832. The van der Waals surface area contributed by atoms with Gasteiger partial charge in [-0.05, 0) is 70.9 Å². The molecule has 1 atom stereocenters. The van der Waals surface area contributed by atoms with Crippen molar-refractivity contribution in [3.05, 3.63) is 95.6 Å². The third-order valence-electron chi connectivity index (χ3n) is 6.10. The van der Waals surface area contributed by atoms with Gasteiger partial charge < -0.3 is 10.2 Å². The molecule has 0 spiro atoms. The molecule has 1 unspecified atom stereocenters. The number of sulfonamides is 1. The summed E-state index contributed by atoms with van der Waals surface area (Å²) in [6, 6.07) is 22.0. The van der Waals surface area contributed by atoms with E-state index in [4.69, 9.17) is 0 Å². The highest BCUT2D eigenvalue weighted by atomic mass is 32.2. The fourth-order valence-electron chi connectivity index (χ4n) is 4.14. The summed E-state index contributed by atoms with van der Waals surface area (Å²) in [6.45, 7) is 10.7. The molecular formula is C30H37N3O4S. The average Bonchev–Trinajstić information content (AvgIpc) is 2.85. The predicted molar refractivity (Wildman–Crippen MR) is 151 cm³/mol. The first-order valence-corrected chi connectivity index (χ1v) is 14.0. The molecule has 38 heavy (non-hydrogen) atoms. The number of aryl methyl sites for hydroxylation is 2. The Bertz CT molecular complexity index is 1380. The van der Waals surface area contributed by atoms with Crippen LogP contribution in [0.15, 0.2) is 83.8 Å². The fourth-order valence-corrected chi connectivity index (χ4v) is 5.64. The molecule has 3 rings (SSSR count). The second-order valence-corrected chi connectivity index (χ2v) is 12.4. The highest BCUT2D eigenvalue weighted by Gasteiger charge is 2.33. The zero-order chi connectivity index (χ0) is 28.1. The number of benzene rings is 3. The van der Waals surface area contributed by atoms with Crippen molar-refractivity contribution in [1.29, 1.82) is 0 Å². The minimum atomic E-state index is -4.07. The van der Waals surface area contributed by atoms with E-state index >= 15 is 0 Å². The first-order valence-electron chi connectivity index (χ1n) is 12.6. The Kier molecular flexibility index (Phi) is 8.99. The maximum atomic E-state index is 14.0. The van der Waals surface area contributed by atoms with Gasteiger partial charge in [0.05, 0.1) is 10.6 Å². The van der Waals surface area contributed by atoms with E-state index in [1.807, 2.05) is 58.0 Å². The number of rotatable bonds is 9. The second kappa shape index (κ2) is 11.8. The molecule has 0 saturated heterocycles. The third-order valence-corrected chi connectivity index (χ3v) is 7.87. The molecule has 3 aromatic carbocycles. The Hall–Kier alpha value is -3.65. The quantitative estimate of drug-likeness (QED) is 0.425. The number of hydrogen-bond acceptors (Lipinski definition) is 4. The van der Waals surface area contributed by atoms with Gasteiger partial charge in [-0.2, -0.15) is 0 Å². The highest BCUT2D eigenvalue weighted by molar-refractivity contribution is 7.92. The Morgan fingerprint density at radius 2 is 1.53 bits per heavy atom. The number of nitrogens with one attached hydrogen (secondary N) is 1. The van der Waals surface area contributed by atoms with E-state index in [-0.39, 0.29) is 17.3 Å². The van der Waals surface area contributed by atoms with Crippen molar-refractivity contribution in [2.45, 2.75) is 64.6 Å². The van der Waals surface area contributed by atoms with Crippen LogP contribution in [0.2, 0.25) is 0 Å². The monoisotopic (exact) mass is 535 g/mol. The molecule has 0 aliphatic rings. The molecule has 1 N–H and O–H groups in total. The number of amides is 2. The van der Waals surface area contributed by atoms with E-state index in [0.717, 1.165) is 15.4 Å². The number of para-hydroxylation sites is 1. The van der Waals surface area contributed by atoms with Gasteiger partial charge in [-0.15, -0.1) is 0 Å². The van der Waals surface area contributed by atoms with Crippen molar-refractivity contribution in [3.8, 4) is 0 Å². The van der Waals surface area contributed by atoms with Crippen LogP contribution in [0.25, 0.3) is 0 Å². The summed E-state index contributed by atoms with van der Waals surface area (Å²) in [5.41, 5.74) is 2.50. The van der Waals surface area contributed by atoms with Crippen LogP contribution in [0, 0.1) is 13.8 Å². The molecule has 0 aliphatic heterocycles. The van der Waals surface area contributed by atoms with Crippen molar-refractivity contribution >= 4 is 27.5 Å². The fraction of sp³-hybridized carbons (Fsp3) is 0.333. The maximum absolute atomic E-state index is 14.0. The smallest absolute Gasteiger partial charge is 0.264 e. The molecule has 7 nitrogen and oxygen atoms in total. The predicted octanol–water partition coefficient (Wildman–Crippen LogP) is 4.83. The maximum Gasteiger partial charge on any atom is 0.264 e. The van der Waals surface area contributed by atoms with Gasteiger partial charge in [0.2, 0.25) is 11.8 Å². The van der Waals surface area contributed by atoms with E-state index < -0.39 is 34.1 Å². The lowest BCUT2D eigenvalue weighted by Crippen LogP contribution is -2.54. The summed E-state index contributed by atoms with van der Waals surface area (Å²) in [5, 5.41) is 2.94. The first kappa shape index (κ1) is 28.9. The van der Waals surface area contributed by atoms with Crippen LogP contribution in [-0.4, -0.2) is 43.3 Å². The van der Waals surface area contributed by atoms with Gasteiger partial charge in [-0.3, -0.25) is 13.9 Å². The van der Waals surface area contributed by atoms with Gasteiger partial charge >= 0.3 is 0 Å². The van der Waals surface area contributed by atoms with E-state index in [9.17, 15) is 18.0 Å². The van der Waals surface area contributed by atoms with E-state index in [0.29, 0.717) is 11.3 Å². The molecule has 8 heteroatoms. The Morgan fingerprint density at radius 3 is 2.13 bits per heavy atom. The number of nitrogens with zero attached hydrogens (tertiary/aromatic N) is 2. The summed E-state index contributed by atoms with van der Waals surface area (Å²) < 4.78 is 28.8. The Morgan fingerprint density at radius 1 is 0.895 bits per heavy atom. The molecule has 0 heterocycles. The molecule has 0 aromatic heterocycles. The van der Waals surface area contributed by atoms with Gasteiger partial charge in [0.1, 0.15) is 12.6 Å². The SMILES string of the molecule is Cc1cccc(CN(C(=O)CN(c2ccccc2C)S(=O)(=O)c2ccccc2)C(C)C(=O)NC(C)(C)C)c1. The molecule has 0 radical (unpaired) electrons. The second-order valence-electron chi connectivity index (χ2n) is 10.5. The average molecular weight is 536 g/mol. The molecule has 0 bridgehead atoms. The molecule has 0 saturated carbocycles. The molecule has 0 aliphatic carbocycles. The van der Waals surface area contributed by atoms with Crippen molar-refractivity contribution in [2.24, 2.45) is 0 Å². The molecule has 3 aromatic rings. The lowest BCUT2D eigenvalue weighted by Gasteiger charge is -2.34. The van der Waals surface area contributed by atoms with E-state index in [1.165, 1.54) is 17.0 Å². The number of carbonyl (C=O) groups excluding carboxylic acids is 2.